The molecule has 0 saturated carbocycles. The van der Waals surface area contributed by atoms with Crippen molar-refractivity contribution in [2.75, 3.05) is 6.26 Å². The largest absolute Gasteiger partial charge is 0.345 e. The third kappa shape index (κ3) is 2.95. The number of carbonyl (C=O) groups is 1. The van der Waals surface area contributed by atoms with E-state index in [9.17, 15) is 4.79 Å². The summed E-state index contributed by atoms with van der Waals surface area (Å²) in [4.78, 5) is 16.8. The molecular formula is C17H18N2OS. The van der Waals surface area contributed by atoms with Gasteiger partial charge in [-0.15, -0.1) is 11.8 Å². The van der Waals surface area contributed by atoms with Gasteiger partial charge in [-0.3, -0.25) is 4.79 Å². The van der Waals surface area contributed by atoms with Crippen molar-refractivity contribution in [2.45, 2.75) is 30.3 Å². The zero-order valence-corrected chi connectivity index (χ0v) is 12.8. The van der Waals surface area contributed by atoms with Crippen LogP contribution < -0.4 is 5.32 Å². The lowest BCUT2D eigenvalue weighted by atomic mass is 9.87. The van der Waals surface area contributed by atoms with Crippen LogP contribution in [0, 0.1) is 0 Å². The third-order valence-corrected chi connectivity index (χ3v) is 4.60. The predicted molar refractivity (Wildman–Crippen MR) is 85.6 cm³/mol. The van der Waals surface area contributed by atoms with Gasteiger partial charge in [0.1, 0.15) is 5.03 Å². The van der Waals surface area contributed by atoms with Crippen LogP contribution in [0.15, 0.2) is 47.6 Å². The number of fused-ring (bicyclic) bond motifs is 1. The van der Waals surface area contributed by atoms with Crippen molar-refractivity contribution in [3.05, 3.63) is 59.3 Å². The maximum Gasteiger partial charge on any atom is 0.254 e. The highest BCUT2D eigenvalue weighted by Gasteiger charge is 2.22. The smallest absolute Gasteiger partial charge is 0.254 e. The molecule has 1 atom stereocenters. The van der Waals surface area contributed by atoms with Crippen LogP contribution in [0.1, 0.15) is 40.4 Å². The zero-order valence-electron chi connectivity index (χ0n) is 12.0. The third-order valence-electron chi connectivity index (χ3n) is 3.88. The van der Waals surface area contributed by atoms with E-state index in [0.29, 0.717) is 5.56 Å². The Labute approximate surface area is 129 Å². The fraction of sp³-hybridized carbons (Fsp3) is 0.294. The molecule has 0 spiro atoms. The Kier molecular flexibility index (Phi) is 4.25. The second-order valence-electron chi connectivity index (χ2n) is 5.18. The molecular weight excluding hydrogens is 280 g/mol. The van der Waals surface area contributed by atoms with Gasteiger partial charge in [0.25, 0.3) is 5.91 Å². The number of carbonyl (C=O) groups excluding carboxylic acids is 1. The van der Waals surface area contributed by atoms with Gasteiger partial charge in [-0.1, -0.05) is 24.3 Å². The molecule has 1 N–H and O–H groups in total. The molecule has 1 aliphatic rings. The van der Waals surface area contributed by atoms with Crippen LogP contribution in [0.3, 0.4) is 0 Å². The zero-order chi connectivity index (χ0) is 14.7. The van der Waals surface area contributed by atoms with Crippen molar-refractivity contribution in [3.63, 3.8) is 0 Å². The van der Waals surface area contributed by atoms with Gasteiger partial charge >= 0.3 is 0 Å². The summed E-state index contributed by atoms with van der Waals surface area (Å²) < 4.78 is 0. The van der Waals surface area contributed by atoms with Gasteiger partial charge in [-0.2, -0.15) is 0 Å². The quantitative estimate of drug-likeness (QED) is 0.880. The molecule has 1 aromatic heterocycles. The van der Waals surface area contributed by atoms with Crippen LogP contribution in [-0.2, 0) is 6.42 Å². The van der Waals surface area contributed by atoms with Gasteiger partial charge in [0.05, 0.1) is 11.6 Å². The second-order valence-corrected chi connectivity index (χ2v) is 5.97. The first-order valence-corrected chi connectivity index (χ1v) is 8.39. The fourth-order valence-corrected chi connectivity index (χ4v) is 3.41. The van der Waals surface area contributed by atoms with E-state index in [1.165, 1.54) is 22.9 Å². The summed E-state index contributed by atoms with van der Waals surface area (Å²) in [5.74, 6) is -0.0332. The van der Waals surface area contributed by atoms with E-state index in [2.05, 4.69) is 28.5 Å². The van der Waals surface area contributed by atoms with E-state index in [4.69, 9.17) is 0 Å². The number of hydrogen-bond donors (Lipinski definition) is 1. The average Bonchev–Trinajstić information content (AvgIpc) is 2.55. The van der Waals surface area contributed by atoms with Crippen LogP contribution in [0.25, 0.3) is 0 Å². The average molecular weight is 298 g/mol. The molecule has 3 rings (SSSR count). The maximum atomic E-state index is 12.5. The molecule has 1 amide bonds. The van der Waals surface area contributed by atoms with Gasteiger partial charge in [0.2, 0.25) is 0 Å². The Hall–Kier alpha value is -1.81. The molecule has 0 radical (unpaired) electrons. The van der Waals surface area contributed by atoms with E-state index < -0.39 is 0 Å². The van der Waals surface area contributed by atoms with Crippen molar-refractivity contribution in [1.29, 1.82) is 0 Å². The number of aromatic nitrogens is 1. The van der Waals surface area contributed by atoms with Crippen LogP contribution in [0.4, 0.5) is 0 Å². The first kappa shape index (κ1) is 14.1. The van der Waals surface area contributed by atoms with E-state index in [1.807, 2.05) is 24.5 Å². The number of nitrogens with one attached hydrogen (secondary N) is 1. The van der Waals surface area contributed by atoms with E-state index >= 15 is 0 Å². The molecule has 21 heavy (non-hydrogen) atoms. The van der Waals surface area contributed by atoms with Crippen molar-refractivity contribution < 1.29 is 4.79 Å². The Morgan fingerprint density at radius 1 is 1.29 bits per heavy atom. The second kappa shape index (κ2) is 6.31. The number of hydrogen-bond acceptors (Lipinski definition) is 3. The lowest BCUT2D eigenvalue weighted by Gasteiger charge is -2.26. The Balaban J connectivity index is 1.83. The number of aryl methyl sites for hydroxylation is 1. The molecule has 0 bridgehead atoms. The topological polar surface area (TPSA) is 42.0 Å². The molecule has 0 saturated heterocycles. The van der Waals surface area contributed by atoms with Crippen molar-refractivity contribution >= 4 is 17.7 Å². The highest BCUT2D eigenvalue weighted by atomic mass is 32.2. The van der Waals surface area contributed by atoms with E-state index in [1.54, 1.807) is 6.20 Å². The van der Waals surface area contributed by atoms with Gasteiger partial charge in [0, 0.05) is 6.20 Å². The molecule has 3 nitrogen and oxygen atoms in total. The van der Waals surface area contributed by atoms with Crippen molar-refractivity contribution in [1.82, 2.24) is 10.3 Å². The minimum absolute atomic E-state index is 0.0332. The predicted octanol–water partition coefficient (Wildman–Crippen LogP) is 3.61. The minimum Gasteiger partial charge on any atom is -0.345 e. The Bertz CT molecular complexity index is 657. The molecule has 2 aromatic rings. The SMILES string of the molecule is CSc1ncccc1C(=O)N[C@H]1CCCc2ccccc21. The molecule has 1 heterocycles. The summed E-state index contributed by atoms with van der Waals surface area (Å²) in [5, 5.41) is 3.95. The lowest BCUT2D eigenvalue weighted by molar-refractivity contribution is 0.0929. The number of thioether (sulfide) groups is 1. The number of nitrogens with zero attached hydrogens (tertiary/aromatic N) is 1. The standard InChI is InChI=1S/C17H18N2OS/c1-21-17-14(9-5-11-18-17)16(20)19-15-10-4-7-12-6-2-3-8-13(12)15/h2-3,5-6,8-9,11,15H,4,7,10H2,1H3,(H,19,20)/t15-/m0/s1. The highest BCUT2D eigenvalue weighted by molar-refractivity contribution is 7.98. The molecule has 4 heteroatoms. The first-order chi connectivity index (χ1) is 10.3. The summed E-state index contributed by atoms with van der Waals surface area (Å²) in [5.41, 5.74) is 3.27. The van der Waals surface area contributed by atoms with E-state index in [0.717, 1.165) is 24.3 Å². The maximum absolute atomic E-state index is 12.5. The highest BCUT2D eigenvalue weighted by Crippen LogP contribution is 2.30. The summed E-state index contributed by atoms with van der Waals surface area (Å²) >= 11 is 1.50. The molecule has 0 unspecified atom stereocenters. The molecule has 0 fully saturated rings. The lowest BCUT2D eigenvalue weighted by Crippen LogP contribution is -2.31. The van der Waals surface area contributed by atoms with Crippen LogP contribution in [-0.4, -0.2) is 17.1 Å². The van der Waals surface area contributed by atoms with Crippen molar-refractivity contribution in [3.8, 4) is 0 Å². The van der Waals surface area contributed by atoms with E-state index in [-0.39, 0.29) is 11.9 Å². The molecule has 0 aliphatic heterocycles. The summed E-state index contributed by atoms with van der Waals surface area (Å²) in [6.07, 6.45) is 6.88. The molecule has 1 aromatic carbocycles. The van der Waals surface area contributed by atoms with Crippen LogP contribution >= 0.6 is 11.8 Å². The normalized spacial score (nSPS) is 17.1. The number of rotatable bonds is 3. The number of benzene rings is 1. The first-order valence-electron chi connectivity index (χ1n) is 7.17. The van der Waals surface area contributed by atoms with Gasteiger partial charge in [-0.05, 0) is 48.8 Å². The minimum atomic E-state index is -0.0332. The summed E-state index contributed by atoms with van der Waals surface area (Å²) in [6.45, 7) is 0. The molecule has 108 valence electrons. The summed E-state index contributed by atoms with van der Waals surface area (Å²) in [6, 6.07) is 12.1. The number of pyridine rings is 1. The fourth-order valence-electron chi connectivity index (χ4n) is 2.87. The van der Waals surface area contributed by atoms with Crippen LogP contribution in [0.5, 0.6) is 0 Å². The van der Waals surface area contributed by atoms with Crippen LogP contribution in [0.2, 0.25) is 0 Å². The summed E-state index contributed by atoms with van der Waals surface area (Å²) in [7, 11) is 0. The van der Waals surface area contributed by atoms with Crippen molar-refractivity contribution in [2.24, 2.45) is 0 Å². The Morgan fingerprint density at radius 2 is 2.14 bits per heavy atom. The monoisotopic (exact) mass is 298 g/mol. The van der Waals surface area contributed by atoms with Gasteiger partial charge in [-0.25, -0.2) is 4.98 Å². The Morgan fingerprint density at radius 3 is 3.00 bits per heavy atom. The molecule has 1 aliphatic carbocycles. The van der Waals surface area contributed by atoms with Gasteiger partial charge in [0.15, 0.2) is 0 Å². The van der Waals surface area contributed by atoms with Gasteiger partial charge < -0.3 is 5.32 Å². The number of amides is 1.